The summed E-state index contributed by atoms with van der Waals surface area (Å²) in [6.45, 7) is 4.36. The minimum Gasteiger partial charge on any atom is -0.494 e. The van der Waals surface area contributed by atoms with Gasteiger partial charge in [0, 0.05) is 31.7 Å². The first kappa shape index (κ1) is 20.4. The van der Waals surface area contributed by atoms with Crippen molar-refractivity contribution in [2.75, 3.05) is 37.7 Å². The summed E-state index contributed by atoms with van der Waals surface area (Å²) in [6.07, 6.45) is 0. The van der Waals surface area contributed by atoms with Crippen LogP contribution in [0.2, 0.25) is 0 Å². The van der Waals surface area contributed by atoms with Crippen molar-refractivity contribution in [3.05, 3.63) is 65.6 Å². The van der Waals surface area contributed by atoms with E-state index in [4.69, 9.17) is 9.15 Å². The van der Waals surface area contributed by atoms with Crippen LogP contribution in [0.5, 0.6) is 5.75 Å². The number of carbonyl (C=O) groups excluding carboxylic acids is 1. The summed E-state index contributed by atoms with van der Waals surface area (Å²) in [4.78, 5) is 20.6. The largest absolute Gasteiger partial charge is 0.494 e. The Labute approximate surface area is 179 Å². The molecule has 2 aromatic carbocycles. The molecule has 1 fully saturated rings. The van der Waals surface area contributed by atoms with Crippen LogP contribution in [0.4, 0.5) is 10.3 Å². The number of hydrogen-bond acceptors (Lipinski definition) is 6. The molecule has 0 N–H and O–H groups in total. The molecule has 1 aliphatic rings. The maximum Gasteiger partial charge on any atom is 0.253 e. The Morgan fingerprint density at radius 1 is 1.16 bits per heavy atom. The number of ether oxygens (including phenoxy) is 1. The Balaban J connectivity index is 1.46. The number of amides is 1. The summed E-state index contributed by atoms with van der Waals surface area (Å²) in [5.41, 5.74) is 0.898. The lowest BCUT2D eigenvalue weighted by atomic mass is 10.1. The van der Waals surface area contributed by atoms with Gasteiger partial charge in [0.05, 0.1) is 12.2 Å². The second-order valence-electron chi connectivity index (χ2n) is 7.00. The summed E-state index contributed by atoms with van der Waals surface area (Å²) >= 11 is 0. The fourth-order valence-corrected chi connectivity index (χ4v) is 3.50. The van der Waals surface area contributed by atoms with Crippen molar-refractivity contribution in [1.82, 2.24) is 9.88 Å². The summed E-state index contributed by atoms with van der Waals surface area (Å²) in [5.74, 6) is 0.564. The van der Waals surface area contributed by atoms with E-state index in [-0.39, 0.29) is 23.1 Å². The third kappa shape index (κ3) is 4.21. The molecule has 7 nitrogen and oxygen atoms in total. The predicted octanol–water partition coefficient (Wildman–Crippen LogP) is 3.71. The average molecular weight is 420 g/mol. The van der Waals surface area contributed by atoms with Gasteiger partial charge >= 0.3 is 0 Å². The Kier molecular flexibility index (Phi) is 5.85. The van der Waals surface area contributed by atoms with E-state index in [2.05, 4.69) is 4.98 Å². The van der Waals surface area contributed by atoms with E-state index in [1.54, 1.807) is 47.4 Å². The molecule has 1 amide bonds. The summed E-state index contributed by atoms with van der Waals surface area (Å²) in [7, 11) is 0. The third-order valence-electron chi connectivity index (χ3n) is 5.09. The first-order valence-corrected chi connectivity index (χ1v) is 10.0. The van der Waals surface area contributed by atoms with Gasteiger partial charge in [-0.3, -0.25) is 4.79 Å². The van der Waals surface area contributed by atoms with Gasteiger partial charge in [0.2, 0.25) is 17.5 Å². The van der Waals surface area contributed by atoms with Gasteiger partial charge in [-0.15, -0.1) is 0 Å². The van der Waals surface area contributed by atoms with Crippen molar-refractivity contribution < 1.29 is 18.3 Å². The lowest BCUT2D eigenvalue weighted by Crippen LogP contribution is -2.48. The second kappa shape index (κ2) is 8.88. The molecule has 4 rings (SSSR count). The molecule has 1 aromatic heterocycles. The van der Waals surface area contributed by atoms with Gasteiger partial charge in [-0.25, -0.2) is 4.39 Å². The van der Waals surface area contributed by atoms with E-state index in [0.29, 0.717) is 44.2 Å². The van der Waals surface area contributed by atoms with Crippen molar-refractivity contribution in [3.63, 3.8) is 0 Å². The number of piperazine rings is 1. The maximum absolute atomic E-state index is 14.1. The Bertz CT molecular complexity index is 1110. The van der Waals surface area contributed by atoms with E-state index in [1.807, 2.05) is 17.9 Å². The molecule has 2 heterocycles. The zero-order valence-electron chi connectivity index (χ0n) is 17.0. The molecule has 8 heteroatoms. The van der Waals surface area contributed by atoms with E-state index in [0.717, 1.165) is 5.75 Å². The van der Waals surface area contributed by atoms with Crippen LogP contribution in [0, 0.1) is 17.1 Å². The van der Waals surface area contributed by atoms with Crippen LogP contribution in [0.25, 0.3) is 11.5 Å². The van der Waals surface area contributed by atoms with Crippen LogP contribution in [0.1, 0.15) is 23.0 Å². The molecule has 1 aliphatic heterocycles. The van der Waals surface area contributed by atoms with E-state index in [9.17, 15) is 14.4 Å². The van der Waals surface area contributed by atoms with Crippen molar-refractivity contribution in [2.45, 2.75) is 6.92 Å². The minimum absolute atomic E-state index is 0.0622. The van der Waals surface area contributed by atoms with Crippen molar-refractivity contribution in [2.24, 2.45) is 0 Å². The number of aromatic nitrogens is 1. The number of hydrogen-bond donors (Lipinski definition) is 0. The zero-order chi connectivity index (χ0) is 21.8. The van der Waals surface area contributed by atoms with Crippen LogP contribution in [-0.2, 0) is 0 Å². The number of oxazole rings is 1. The maximum atomic E-state index is 14.1. The Hall–Kier alpha value is -3.86. The second-order valence-corrected chi connectivity index (χ2v) is 7.00. The van der Waals surface area contributed by atoms with Gasteiger partial charge in [-0.1, -0.05) is 12.1 Å². The van der Waals surface area contributed by atoms with Crippen LogP contribution in [0.15, 0.2) is 52.9 Å². The monoisotopic (exact) mass is 420 g/mol. The van der Waals surface area contributed by atoms with Gasteiger partial charge in [0.1, 0.15) is 17.6 Å². The molecule has 0 spiro atoms. The van der Waals surface area contributed by atoms with E-state index >= 15 is 0 Å². The lowest BCUT2D eigenvalue weighted by Gasteiger charge is -2.34. The molecule has 0 bridgehead atoms. The Morgan fingerprint density at radius 3 is 2.52 bits per heavy atom. The highest BCUT2D eigenvalue weighted by Crippen LogP contribution is 2.30. The summed E-state index contributed by atoms with van der Waals surface area (Å²) < 4.78 is 25.3. The first-order chi connectivity index (χ1) is 15.1. The number of nitrogens with zero attached hydrogens (tertiary/aromatic N) is 4. The first-order valence-electron chi connectivity index (χ1n) is 10.0. The van der Waals surface area contributed by atoms with E-state index in [1.165, 1.54) is 6.07 Å². The zero-order valence-corrected chi connectivity index (χ0v) is 17.0. The molecule has 31 heavy (non-hydrogen) atoms. The molecule has 0 atom stereocenters. The van der Waals surface area contributed by atoms with Gasteiger partial charge in [0.25, 0.3) is 5.91 Å². The van der Waals surface area contributed by atoms with Gasteiger partial charge in [0.15, 0.2) is 0 Å². The van der Waals surface area contributed by atoms with Crippen molar-refractivity contribution >= 4 is 11.8 Å². The molecular formula is C23H21FN4O3. The molecule has 0 radical (unpaired) electrons. The SMILES string of the molecule is CCOc1ccc(C(=O)N2CCN(c3oc(-c4ccccc4F)nc3C#N)CC2)cc1. The Morgan fingerprint density at radius 2 is 1.87 bits per heavy atom. The van der Waals surface area contributed by atoms with Crippen LogP contribution >= 0.6 is 0 Å². The van der Waals surface area contributed by atoms with Gasteiger partial charge in [-0.2, -0.15) is 10.2 Å². The smallest absolute Gasteiger partial charge is 0.253 e. The van der Waals surface area contributed by atoms with E-state index < -0.39 is 5.82 Å². The van der Waals surface area contributed by atoms with Crippen molar-refractivity contribution in [1.29, 1.82) is 5.26 Å². The molecule has 158 valence electrons. The highest BCUT2D eigenvalue weighted by atomic mass is 19.1. The highest BCUT2D eigenvalue weighted by Gasteiger charge is 2.27. The molecule has 1 saturated heterocycles. The van der Waals surface area contributed by atoms with Crippen molar-refractivity contribution in [3.8, 4) is 23.3 Å². The number of rotatable bonds is 5. The van der Waals surface area contributed by atoms with Gasteiger partial charge in [-0.05, 0) is 43.3 Å². The summed E-state index contributed by atoms with van der Waals surface area (Å²) in [6, 6.07) is 15.2. The molecule has 0 unspecified atom stereocenters. The molecule has 3 aromatic rings. The number of anilines is 1. The quantitative estimate of drug-likeness (QED) is 0.626. The highest BCUT2D eigenvalue weighted by molar-refractivity contribution is 5.94. The predicted molar refractivity (Wildman–Crippen MR) is 112 cm³/mol. The summed E-state index contributed by atoms with van der Waals surface area (Å²) in [5, 5.41) is 9.46. The lowest BCUT2D eigenvalue weighted by molar-refractivity contribution is 0.0745. The normalized spacial score (nSPS) is 13.7. The van der Waals surface area contributed by atoms with Crippen LogP contribution in [-0.4, -0.2) is 48.6 Å². The standard InChI is InChI=1S/C23H21FN4O3/c1-2-30-17-9-7-16(8-10-17)22(29)27-11-13-28(14-12-27)23-20(15-25)26-21(31-23)18-5-3-4-6-19(18)24/h3-10H,2,11-14H2,1H3. The number of halogens is 1. The fourth-order valence-electron chi connectivity index (χ4n) is 3.50. The topological polar surface area (TPSA) is 82.6 Å². The van der Waals surface area contributed by atoms with Gasteiger partial charge < -0.3 is 19.0 Å². The minimum atomic E-state index is -0.467. The fraction of sp³-hybridized carbons (Fsp3) is 0.261. The number of benzene rings is 2. The molecular weight excluding hydrogens is 399 g/mol. The molecule has 0 saturated carbocycles. The average Bonchev–Trinajstić information content (AvgIpc) is 3.24. The van der Waals surface area contributed by atoms with Crippen LogP contribution < -0.4 is 9.64 Å². The molecule has 0 aliphatic carbocycles. The van der Waals surface area contributed by atoms with Crippen LogP contribution in [0.3, 0.4) is 0 Å². The number of carbonyl (C=O) groups is 1. The number of nitriles is 1. The third-order valence-corrected chi connectivity index (χ3v) is 5.09.